The van der Waals surface area contributed by atoms with Crippen molar-refractivity contribution >= 4 is 16.3 Å². The Hall–Kier alpha value is -1.72. The number of hydrogen-bond acceptors (Lipinski definition) is 4. The van der Waals surface area contributed by atoms with Gasteiger partial charge in [0.15, 0.2) is 4.96 Å². The first kappa shape index (κ1) is 14.2. The van der Waals surface area contributed by atoms with E-state index < -0.39 is 0 Å². The zero-order valence-corrected chi connectivity index (χ0v) is 13.2. The quantitative estimate of drug-likeness (QED) is 0.759. The van der Waals surface area contributed by atoms with Gasteiger partial charge in [0, 0.05) is 29.9 Å². The Morgan fingerprint density at radius 2 is 2.24 bits per heavy atom. The lowest BCUT2D eigenvalue weighted by Crippen LogP contribution is -2.25. The Morgan fingerprint density at radius 1 is 1.33 bits per heavy atom. The maximum absolute atomic E-state index is 4.68. The average molecular weight is 300 g/mol. The van der Waals surface area contributed by atoms with Crippen LogP contribution < -0.4 is 5.32 Å². The van der Waals surface area contributed by atoms with Crippen LogP contribution in [0.4, 0.5) is 0 Å². The van der Waals surface area contributed by atoms with Gasteiger partial charge < -0.3 is 5.32 Å². The second-order valence-electron chi connectivity index (χ2n) is 5.24. The molecule has 3 rings (SSSR count). The van der Waals surface area contributed by atoms with Crippen LogP contribution in [-0.4, -0.2) is 20.9 Å². The average Bonchev–Trinajstić information content (AvgIpc) is 3.04. The highest BCUT2D eigenvalue weighted by atomic mass is 32.1. The van der Waals surface area contributed by atoms with Crippen molar-refractivity contribution in [1.29, 1.82) is 0 Å². The number of aromatic nitrogens is 3. The van der Waals surface area contributed by atoms with Crippen LogP contribution in [0.15, 0.2) is 36.0 Å². The number of imidazole rings is 1. The van der Waals surface area contributed by atoms with E-state index in [1.54, 1.807) is 11.3 Å². The van der Waals surface area contributed by atoms with Gasteiger partial charge in [-0.25, -0.2) is 4.98 Å². The molecular formula is C16H20N4S. The fourth-order valence-electron chi connectivity index (χ4n) is 2.44. The van der Waals surface area contributed by atoms with Crippen molar-refractivity contribution in [3.05, 3.63) is 53.1 Å². The van der Waals surface area contributed by atoms with Gasteiger partial charge in [-0.3, -0.25) is 9.38 Å². The Labute approximate surface area is 128 Å². The third-order valence-corrected chi connectivity index (χ3v) is 4.23. The molecule has 1 atom stereocenters. The van der Waals surface area contributed by atoms with Gasteiger partial charge in [0.05, 0.1) is 17.4 Å². The highest BCUT2D eigenvalue weighted by molar-refractivity contribution is 7.15. The minimum Gasteiger partial charge on any atom is -0.308 e. The van der Waals surface area contributed by atoms with Crippen molar-refractivity contribution in [3.8, 4) is 0 Å². The minimum atomic E-state index is 0.217. The van der Waals surface area contributed by atoms with Crippen molar-refractivity contribution < 1.29 is 0 Å². The molecular weight excluding hydrogens is 280 g/mol. The van der Waals surface area contributed by atoms with Crippen LogP contribution >= 0.6 is 11.3 Å². The van der Waals surface area contributed by atoms with E-state index in [-0.39, 0.29) is 6.04 Å². The fraction of sp³-hybridized carbons (Fsp3) is 0.375. The van der Waals surface area contributed by atoms with Crippen LogP contribution in [0.25, 0.3) is 4.96 Å². The van der Waals surface area contributed by atoms with Gasteiger partial charge in [-0.05, 0) is 32.0 Å². The maximum Gasteiger partial charge on any atom is 0.193 e. The van der Waals surface area contributed by atoms with Crippen LogP contribution in [0.2, 0.25) is 0 Å². The summed E-state index contributed by atoms with van der Waals surface area (Å²) in [5.74, 6) is 0. The van der Waals surface area contributed by atoms with Crippen molar-refractivity contribution in [2.45, 2.75) is 32.7 Å². The Kier molecular flexibility index (Phi) is 4.31. The highest BCUT2D eigenvalue weighted by Crippen LogP contribution is 2.19. The number of thiazole rings is 1. The van der Waals surface area contributed by atoms with Crippen LogP contribution in [0.3, 0.4) is 0 Å². The van der Waals surface area contributed by atoms with Gasteiger partial charge in [-0.2, -0.15) is 0 Å². The molecule has 3 heterocycles. The number of nitrogens with one attached hydrogen (secondary N) is 1. The maximum atomic E-state index is 4.68. The predicted molar refractivity (Wildman–Crippen MR) is 86.8 cm³/mol. The smallest absolute Gasteiger partial charge is 0.193 e. The molecule has 4 nitrogen and oxygen atoms in total. The summed E-state index contributed by atoms with van der Waals surface area (Å²) < 4.78 is 2.08. The van der Waals surface area contributed by atoms with E-state index in [1.165, 1.54) is 0 Å². The summed E-state index contributed by atoms with van der Waals surface area (Å²) in [6.45, 7) is 5.20. The zero-order chi connectivity index (χ0) is 14.7. The van der Waals surface area contributed by atoms with Gasteiger partial charge in [0.1, 0.15) is 0 Å². The van der Waals surface area contributed by atoms with Crippen molar-refractivity contribution in [3.63, 3.8) is 0 Å². The summed E-state index contributed by atoms with van der Waals surface area (Å²) in [6, 6.07) is 6.42. The summed E-state index contributed by atoms with van der Waals surface area (Å²) >= 11 is 1.67. The summed E-state index contributed by atoms with van der Waals surface area (Å²) in [7, 11) is 0. The molecule has 0 saturated carbocycles. The topological polar surface area (TPSA) is 42.2 Å². The van der Waals surface area contributed by atoms with Gasteiger partial charge in [-0.1, -0.05) is 13.0 Å². The standard InChI is InChI=1S/C16H20N4S/c1-3-7-17-15(14-6-4-5-12(2)18-14)10-13-11-20-8-9-21-16(20)19-13/h4-6,8-9,11,15,17H,3,7,10H2,1-2H3. The Morgan fingerprint density at radius 3 is 3.00 bits per heavy atom. The minimum absolute atomic E-state index is 0.217. The van der Waals surface area contributed by atoms with E-state index >= 15 is 0 Å². The van der Waals surface area contributed by atoms with E-state index in [4.69, 9.17) is 0 Å². The second kappa shape index (κ2) is 6.37. The molecule has 0 aromatic carbocycles. The molecule has 3 aromatic heterocycles. The van der Waals surface area contributed by atoms with Crippen LogP contribution in [-0.2, 0) is 6.42 Å². The first-order valence-electron chi connectivity index (χ1n) is 7.34. The summed E-state index contributed by atoms with van der Waals surface area (Å²) in [4.78, 5) is 10.4. The lowest BCUT2D eigenvalue weighted by atomic mass is 10.1. The largest absolute Gasteiger partial charge is 0.308 e. The number of pyridine rings is 1. The molecule has 0 bridgehead atoms. The molecule has 0 aliphatic heterocycles. The molecule has 0 saturated heterocycles. The number of nitrogens with zero attached hydrogens (tertiary/aromatic N) is 3. The molecule has 1 unspecified atom stereocenters. The molecule has 0 spiro atoms. The molecule has 0 aliphatic rings. The van der Waals surface area contributed by atoms with Gasteiger partial charge in [0.2, 0.25) is 0 Å². The van der Waals surface area contributed by atoms with Crippen molar-refractivity contribution in [2.75, 3.05) is 6.54 Å². The lowest BCUT2D eigenvalue weighted by molar-refractivity contribution is 0.513. The highest BCUT2D eigenvalue weighted by Gasteiger charge is 2.15. The molecule has 5 heteroatoms. The van der Waals surface area contributed by atoms with Gasteiger partial charge in [-0.15, -0.1) is 11.3 Å². The van der Waals surface area contributed by atoms with Crippen molar-refractivity contribution in [2.24, 2.45) is 0 Å². The molecule has 1 N–H and O–H groups in total. The van der Waals surface area contributed by atoms with Gasteiger partial charge in [0.25, 0.3) is 0 Å². The third kappa shape index (κ3) is 3.31. The monoisotopic (exact) mass is 300 g/mol. The number of rotatable bonds is 6. The molecule has 21 heavy (non-hydrogen) atoms. The molecule has 0 amide bonds. The van der Waals surface area contributed by atoms with Crippen LogP contribution in [0.1, 0.15) is 36.5 Å². The first-order valence-corrected chi connectivity index (χ1v) is 8.22. The molecule has 0 aliphatic carbocycles. The third-order valence-electron chi connectivity index (χ3n) is 3.46. The van der Waals surface area contributed by atoms with Gasteiger partial charge >= 0.3 is 0 Å². The lowest BCUT2D eigenvalue weighted by Gasteiger charge is -2.17. The Bertz CT molecular complexity index is 687. The van der Waals surface area contributed by atoms with Crippen LogP contribution in [0, 0.1) is 6.92 Å². The van der Waals surface area contributed by atoms with Crippen molar-refractivity contribution in [1.82, 2.24) is 19.7 Å². The molecule has 0 radical (unpaired) electrons. The number of hydrogen-bond donors (Lipinski definition) is 1. The molecule has 3 aromatic rings. The summed E-state index contributed by atoms with van der Waals surface area (Å²) in [5, 5.41) is 5.65. The van der Waals surface area contributed by atoms with E-state index in [0.717, 1.165) is 41.4 Å². The van der Waals surface area contributed by atoms with Crippen LogP contribution in [0.5, 0.6) is 0 Å². The fourth-order valence-corrected chi connectivity index (χ4v) is 3.16. The SMILES string of the molecule is CCCNC(Cc1cn2ccsc2n1)c1cccc(C)n1. The Balaban J connectivity index is 1.83. The number of aryl methyl sites for hydroxylation is 1. The normalized spacial score (nSPS) is 12.9. The van der Waals surface area contributed by atoms with E-state index in [9.17, 15) is 0 Å². The second-order valence-corrected chi connectivity index (χ2v) is 6.11. The zero-order valence-electron chi connectivity index (χ0n) is 12.4. The summed E-state index contributed by atoms with van der Waals surface area (Å²) in [6.07, 6.45) is 6.14. The molecule has 110 valence electrons. The van der Waals surface area contributed by atoms with E-state index in [0.29, 0.717) is 0 Å². The predicted octanol–water partition coefficient (Wildman–Crippen LogP) is 3.38. The molecule has 0 fully saturated rings. The van der Waals surface area contributed by atoms with E-state index in [1.807, 2.05) is 13.0 Å². The van der Waals surface area contributed by atoms with E-state index in [2.05, 4.69) is 56.5 Å². The first-order chi connectivity index (χ1) is 10.3. The summed E-state index contributed by atoms with van der Waals surface area (Å²) in [5.41, 5.74) is 3.26. The number of fused-ring (bicyclic) bond motifs is 1.